The van der Waals surface area contributed by atoms with Crippen molar-refractivity contribution in [3.63, 3.8) is 0 Å². The Bertz CT molecular complexity index is 1050. The van der Waals surface area contributed by atoms with Crippen LogP contribution in [0.5, 0.6) is 11.5 Å². The molecular formula is C22H22N4O3. The number of benzene rings is 2. The summed E-state index contributed by atoms with van der Waals surface area (Å²) < 4.78 is 13.6. The molecule has 1 N–H and O–H groups in total. The Hall–Kier alpha value is -3.35. The second-order valence-electron chi connectivity index (χ2n) is 7.34. The second kappa shape index (κ2) is 7.58. The molecule has 0 saturated carbocycles. The van der Waals surface area contributed by atoms with E-state index in [1.54, 1.807) is 6.07 Å². The second-order valence-corrected chi connectivity index (χ2v) is 7.34. The van der Waals surface area contributed by atoms with Crippen molar-refractivity contribution in [2.45, 2.75) is 38.3 Å². The first-order valence-electron chi connectivity index (χ1n) is 10.00. The standard InChI is InChI=1S/C22H22N4O3/c27-22(19-14-28-17-9-3-4-10-18(17)29-19)23-16-8-6-7-15(13-16)21-25-24-20-11-2-1-5-12-26(20)21/h3-4,6-10,13,19H,1-2,5,11-12,14H2,(H,23,27)/t19-/m0/s1. The number of fused-ring (bicyclic) bond motifs is 2. The van der Waals surface area contributed by atoms with E-state index in [1.165, 1.54) is 6.42 Å². The first-order chi connectivity index (χ1) is 14.3. The average Bonchev–Trinajstić information content (AvgIpc) is 3.02. The molecule has 1 aromatic heterocycles. The molecule has 2 aliphatic rings. The summed E-state index contributed by atoms with van der Waals surface area (Å²) in [7, 11) is 0. The predicted molar refractivity (Wildman–Crippen MR) is 108 cm³/mol. The van der Waals surface area contributed by atoms with Gasteiger partial charge >= 0.3 is 0 Å². The number of rotatable bonds is 3. The molecule has 1 atom stereocenters. The van der Waals surface area contributed by atoms with Gasteiger partial charge in [0.2, 0.25) is 6.10 Å². The number of ether oxygens (including phenoxy) is 2. The van der Waals surface area contributed by atoms with E-state index in [0.29, 0.717) is 17.2 Å². The van der Waals surface area contributed by atoms with Gasteiger partial charge in [0.05, 0.1) is 0 Å². The molecule has 5 rings (SSSR count). The zero-order valence-corrected chi connectivity index (χ0v) is 16.0. The first kappa shape index (κ1) is 17.7. The molecule has 7 heteroatoms. The van der Waals surface area contributed by atoms with E-state index < -0.39 is 6.10 Å². The molecule has 2 aromatic carbocycles. The molecule has 3 aromatic rings. The van der Waals surface area contributed by atoms with Gasteiger partial charge in [0, 0.05) is 24.2 Å². The number of aromatic nitrogens is 3. The summed E-state index contributed by atoms with van der Waals surface area (Å²) in [6, 6.07) is 15.1. The topological polar surface area (TPSA) is 78.3 Å². The van der Waals surface area contributed by atoms with Gasteiger partial charge in [0.25, 0.3) is 5.91 Å². The Kier molecular flexibility index (Phi) is 4.63. The Morgan fingerprint density at radius 3 is 2.86 bits per heavy atom. The number of anilines is 1. The van der Waals surface area contributed by atoms with Crippen LogP contribution in [-0.2, 0) is 17.8 Å². The first-order valence-corrected chi connectivity index (χ1v) is 10.00. The van der Waals surface area contributed by atoms with Gasteiger partial charge in [-0.15, -0.1) is 10.2 Å². The highest BCUT2D eigenvalue weighted by atomic mass is 16.6. The maximum Gasteiger partial charge on any atom is 0.269 e. The minimum Gasteiger partial charge on any atom is -0.485 e. The number of hydrogen-bond acceptors (Lipinski definition) is 5. The van der Waals surface area contributed by atoms with Crippen molar-refractivity contribution in [3.05, 3.63) is 54.4 Å². The minimum absolute atomic E-state index is 0.181. The van der Waals surface area contributed by atoms with Crippen molar-refractivity contribution < 1.29 is 14.3 Å². The Morgan fingerprint density at radius 2 is 1.93 bits per heavy atom. The van der Waals surface area contributed by atoms with Crippen LogP contribution in [0, 0.1) is 0 Å². The highest BCUT2D eigenvalue weighted by Crippen LogP contribution is 2.31. The van der Waals surface area contributed by atoms with Gasteiger partial charge in [0.15, 0.2) is 17.3 Å². The largest absolute Gasteiger partial charge is 0.485 e. The van der Waals surface area contributed by atoms with Gasteiger partial charge in [-0.2, -0.15) is 0 Å². The van der Waals surface area contributed by atoms with Crippen LogP contribution < -0.4 is 14.8 Å². The van der Waals surface area contributed by atoms with Gasteiger partial charge in [-0.05, 0) is 37.1 Å². The molecule has 0 fully saturated rings. The third-order valence-electron chi connectivity index (χ3n) is 5.30. The lowest BCUT2D eigenvalue weighted by molar-refractivity contribution is -0.125. The van der Waals surface area contributed by atoms with E-state index in [-0.39, 0.29) is 12.5 Å². The van der Waals surface area contributed by atoms with Gasteiger partial charge in [-0.25, -0.2) is 0 Å². The summed E-state index contributed by atoms with van der Waals surface area (Å²) in [4.78, 5) is 12.7. The lowest BCUT2D eigenvalue weighted by Crippen LogP contribution is -2.40. The zero-order chi connectivity index (χ0) is 19.6. The molecule has 0 saturated heterocycles. The summed E-state index contributed by atoms with van der Waals surface area (Å²) in [5, 5.41) is 11.7. The van der Waals surface area contributed by atoms with E-state index >= 15 is 0 Å². The predicted octanol–water partition coefficient (Wildman–Crippen LogP) is 3.45. The van der Waals surface area contributed by atoms with Crippen LogP contribution >= 0.6 is 0 Å². The van der Waals surface area contributed by atoms with E-state index in [4.69, 9.17) is 9.47 Å². The zero-order valence-electron chi connectivity index (χ0n) is 16.0. The fourth-order valence-corrected chi connectivity index (χ4v) is 3.81. The van der Waals surface area contributed by atoms with Crippen molar-refractivity contribution >= 4 is 11.6 Å². The monoisotopic (exact) mass is 390 g/mol. The molecule has 0 unspecified atom stereocenters. The molecule has 1 amide bonds. The van der Waals surface area contributed by atoms with E-state index in [9.17, 15) is 4.79 Å². The number of amides is 1. The van der Waals surface area contributed by atoms with Crippen LogP contribution in [0.3, 0.4) is 0 Å². The number of para-hydroxylation sites is 2. The average molecular weight is 390 g/mol. The van der Waals surface area contributed by atoms with Crippen molar-refractivity contribution in [1.29, 1.82) is 0 Å². The summed E-state index contributed by atoms with van der Waals surface area (Å²) in [6.45, 7) is 1.11. The summed E-state index contributed by atoms with van der Waals surface area (Å²) >= 11 is 0. The summed E-state index contributed by atoms with van der Waals surface area (Å²) in [6.07, 6.45) is 3.77. The van der Waals surface area contributed by atoms with E-state index in [1.807, 2.05) is 42.5 Å². The van der Waals surface area contributed by atoms with Gasteiger partial charge in [0.1, 0.15) is 12.4 Å². The molecule has 7 nitrogen and oxygen atoms in total. The van der Waals surface area contributed by atoms with E-state index in [0.717, 1.165) is 43.0 Å². The van der Waals surface area contributed by atoms with Crippen LogP contribution in [0.1, 0.15) is 25.1 Å². The van der Waals surface area contributed by atoms with Gasteiger partial charge < -0.3 is 19.4 Å². The van der Waals surface area contributed by atoms with Crippen molar-refractivity contribution in [2.24, 2.45) is 0 Å². The molecule has 0 radical (unpaired) electrons. The highest BCUT2D eigenvalue weighted by Gasteiger charge is 2.27. The maximum atomic E-state index is 12.7. The van der Waals surface area contributed by atoms with Crippen molar-refractivity contribution in [1.82, 2.24) is 14.8 Å². The highest BCUT2D eigenvalue weighted by molar-refractivity contribution is 5.95. The Balaban J connectivity index is 1.33. The third kappa shape index (κ3) is 3.55. The summed E-state index contributed by atoms with van der Waals surface area (Å²) in [5.41, 5.74) is 1.63. The number of nitrogens with one attached hydrogen (secondary N) is 1. The van der Waals surface area contributed by atoms with Gasteiger partial charge in [-0.3, -0.25) is 4.79 Å². The Labute approximate surface area is 168 Å². The molecule has 148 valence electrons. The molecule has 29 heavy (non-hydrogen) atoms. The smallest absolute Gasteiger partial charge is 0.269 e. The Morgan fingerprint density at radius 1 is 1.03 bits per heavy atom. The molecule has 0 bridgehead atoms. The molecule has 2 aliphatic heterocycles. The maximum absolute atomic E-state index is 12.7. The van der Waals surface area contributed by atoms with Crippen LogP contribution in [0.2, 0.25) is 0 Å². The lowest BCUT2D eigenvalue weighted by atomic mass is 10.1. The number of aryl methyl sites for hydroxylation is 1. The number of carbonyl (C=O) groups excluding carboxylic acids is 1. The van der Waals surface area contributed by atoms with Crippen LogP contribution in [0.4, 0.5) is 5.69 Å². The molecule has 0 spiro atoms. The minimum atomic E-state index is -0.696. The summed E-state index contributed by atoms with van der Waals surface area (Å²) in [5.74, 6) is 2.89. The molecule has 3 heterocycles. The van der Waals surface area contributed by atoms with E-state index in [2.05, 4.69) is 20.1 Å². The third-order valence-corrected chi connectivity index (χ3v) is 5.30. The molecular weight excluding hydrogens is 368 g/mol. The number of nitrogens with zero attached hydrogens (tertiary/aromatic N) is 3. The fourth-order valence-electron chi connectivity index (χ4n) is 3.81. The fraction of sp³-hybridized carbons (Fsp3) is 0.318. The normalized spacial score (nSPS) is 17.9. The van der Waals surface area contributed by atoms with Crippen molar-refractivity contribution in [2.75, 3.05) is 11.9 Å². The van der Waals surface area contributed by atoms with Crippen molar-refractivity contribution in [3.8, 4) is 22.9 Å². The van der Waals surface area contributed by atoms with Crippen LogP contribution in [0.15, 0.2) is 48.5 Å². The van der Waals surface area contributed by atoms with Crippen LogP contribution in [-0.4, -0.2) is 33.4 Å². The van der Waals surface area contributed by atoms with Gasteiger partial charge in [-0.1, -0.05) is 30.7 Å². The quantitative estimate of drug-likeness (QED) is 0.741. The van der Waals surface area contributed by atoms with Crippen LogP contribution in [0.25, 0.3) is 11.4 Å². The number of carbonyl (C=O) groups is 1. The lowest BCUT2D eigenvalue weighted by Gasteiger charge is -2.25. The number of hydrogen-bond donors (Lipinski definition) is 1. The SMILES string of the molecule is O=C(Nc1cccc(-c2nnc3n2CCCCC3)c1)[C@@H]1COc2ccccc2O1. The molecule has 0 aliphatic carbocycles.